The maximum atomic E-state index is 15.8. The van der Waals surface area contributed by atoms with Crippen LogP contribution in [-0.4, -0.2) is 147 Å². The Balaban J connectivity index is 0.720. The number of alkyl halides is 1. The van der Waals surface area contributed by atoms with Crippen LogP contribution in [0.15, 0.2) is 90.7 Å². The number of carbonyl (C=O) groups is 3. The number of hydrogen-bond acceptors (Lipinski definition) is 13. The van der Waals surface area contributed by atoms with Crippen molar-refractivity contribution in [3.8, 4) is 27.4 Å². The molecular weight excluding hydrogens is 1060 g/mol. The Bertz CT molecular complexity index is 3490. The number of nitrogens with one attached hydrogen (secondary N) is 3. The summed E-state index contributed by atoms with van der Waals surface area (Å²) < 4.78 is 81.3. The third-order valence-electron chi connectivity index (χ3n) is 15.1. The van der Waals surface area contributed by atoms with Crippen LogP contribution >= 0.6 is 11.3 Å². The van der Waals surface area contributed by atoms with Gasteiger partial charge in [0.05, 0.1) is 51.1 Å². The van der Waals surface area contributed by atoms with Gasteiger partial charge in [0.25, 0.3) is 0 Å². The number of anilines is 2. The van der Waals surface area contributed by atoms with E-state index in [0.717, 1.165) is 75.6 Å². The van der Waals surface area contributed by atoms with Crippen molar-refractivity contribution in [2.75, 3.05) is 68.6 Å². The number of ether oxygens (including phenoxy) is 1. The summed E-state index contributed by atoms with van der Waals surface area (Å²) in [6.07, 6.45) is 0.849. The fourth-order valence-electron chi connectivity index (χ4n) is 10.7. The van der Waals surface area contributed by atoms with Gasteiger partial charge in [0.2, 0.25) is 23.5 Å². The van der Waals surface area contributed by atoms with Crippen LogP contribution in [0.2, 0.25) is 0 Å². The number of thiazole rings is 1. The number of aliphatic hydroxyl groups excluding tert-OH is 1. The van der Waals surface area contributed by atoms with E-state index in [4.69, 9.17) is 9.84 Å². The van der Waals surface area contributed by atoms with E-state index in [1.807, 2.05) is 86.5 Å². The average Bonchev–Trinajstić information content (AvgIpc) is 4.47. The smallest absolute Gasteiger partial charge is 0.301 e. The van der Waals surface area contributed by atoms with Crippen molar-refractivity contribution in [3.05, 3.63) is 130 Å². The number of ketones is 1. The van der Waals surface area contributed by atoms with Gasteiger partial charge in [-0.25, -0.2) is 27.8 Å². The number of amides is 2. The zero-order valence-corrected chi connectivity index (χ0v) is 46.0. The third kappa shape index (κ3) is 11.6. The van der Waals surface area contributed by atoms with E-state index in [0.29, 0.717) is 41.3 Å². The molecule has 3 fully saturated rings. The average molecular weight is 1120 g/mol. The highest BCUT2D eigenvalue weighted by Crippen LogP contribution is 2.35. The van der Waals surface area contributed by atoms with Crippen molar-refractivity contribution in [1.29, 1.82) is 0 Å². The Hall–Kier alpha value is -7.18. The molecule has 7 heterocycles. The van der Waals surface area contributed by atoms with Gasteiger partial charge in [-0.15, -0.1) is 11.3 Å². The molecule has 0 bridgehead atoms. The number of hydrogen-bond donors (Lipinski definition) is 4. The summed E-state index contributed by atoms with van der Waals surface area (Å²) in [6.45, 7) is 11.4. The Kier molecular flexibility index (Phi) is 16.0. The van der Waals surface area contributed by atoms with E-state index in [2.05, 4.69) is 30.1 Å². The molecule has 2 amide bonds. The Morgan fingerprint density at radius 2 is 1.66 bits per heavy atom. The van der Waals surface area contributed by atoms with Gasteiger partial charge >= 0.3 is 10.2 Å². The molecule has 0 aliphatic carbocycles. The lowest BCUT2D eigenvalue weighted by Crippen LogP contribution is -2.48. The fraction of sp³-hybridized carbons (Fsp3) is 0.393. The number of nitrogens with zero attached hydrogens (tertiary/aromatic N) is 8. The molecule has 5 atom stereocenters. The zero-order chi connectivity index (χ0) is 55.9. The maximum absolute atomic E-state index is 15.8. The number of carbonyl (C=O) groups excluding carboxylic acids is 3. The number of likely N-dealkylation sites (tertiary alicyclic amines) is 1. The topological polar surface area (TPSA) is 211 Å². The first-order valence-corrected chi connectivity index (χ1v) is 28.6. The summed E-state index contributed by atoms with van der Waals surface area (Å²) in [4.78, 5) is 60.9. The molecular formula is C56H62F3N11O7S2. The van der Waals surface area contributed by atoms with Crippen molar-refractivity contribution < 1.29 is 45.8 Å². The lowest BCUT2D eigenvalue weighted by Gasteiger charge is -2.36. The predicted octanol–water partition coefficient (Wildman–Crippen LogP) is 7.38. The quantitative estimate of drug-likeness (QED) is 0.0621. The largest absolute Gasteiger partial charge is 0.476 e. The molecule has 3 saturated heterocycles. The first-order valence-electron chi connectivity index (χ1n) is 26.3. The van der Waals surface area contributed by atoms with Crippen LogP contribution in [0, 0.1) is 24.5 Å². The summed E-state index contributed by atoms with van der Waals surface area (Å²) in [5.41, 5.74) is 6.37. The molecule has 4 aromatic heterocycles. The molecule has 0 saturated carbocycles. The van der Waals surface area contributed by atoms with E-state index in [1.165, 1.54) is 11.1 Å². The van der Waals surface area contributed by atoms with Crippen LogP contribution < -0.4 is 19.7 Å². The number of rotatable bonds is 18. The van der Waals surface area contributed by atoms with E-state index < -0.39 is 69.7 Å². The number of aliphatic hydroxyl groups is 1. The number of H-pyrrole nitrogens is 1. The van der Waals surface area contributed by atoms with Crippen molar-refractivity contribution in [2.24, 2.45) is 13.0 Å². The Morgan fingerprint density at radius 1 is 0.924 bits per heavy atom. The number of aromatic nitrogens is 5. The van der Waals surface area contributed by atoms with Crippen LogP contribution in [0.4, 0.5) is 24.5 Å². The molecule has 416 valence electrons. The molecule has 10 rings (SSSR count). The Morgan fingerprint density at radius 3 is 2.34 bits per heavy atom. The van der Waals surface area contributed by atoms with Crippen LogP contribution in [0.25, 0.3) is 32.6 Å². The third-order valence-corrected chi connectivity index (χ3v) is 17.6. The van der Waals surface area contributed by atoms with E-state index in [-0.39, 0.29) is 55.3 Å². The van der Waals surface area contributed by atoms with E-state index >= 15 is 8.78 Å². The molecule has 3 aromatic carbocycles. The summed E-state index contributed by atoms with van der Waals surface area (Å²) in [5.74, 6) is -4.55. The second-order valence-electron chi connectivity index (χ2n) is 20.8. The summed E-state index contributed by atoms with van der Waals surface area (Å²) in [5, 5.41) is 18.9. The van der Waals surface area contributed by atoms with Gasteiger partial charge in [-0.3, -0.25) is 24.0 Å². The SMILES string of the molecule is Cc1ncsc1-c1ccc([C@H](C)NC(=O)[C@@H]2C[C@@H](O)CN2C(=O)[C@@H](c2cc(OCCN3CCN(c4ccc(-c5cnc6[nH]cc(C(=O)c7c(F)ccc(NS(=O)(=O)N8CC[C@@H](F)C8)c7F)c6c5)cc4)CC3)n(C)n2)C(C)C)cc1. The minimum Gasteiger partial charge on any atom is -0.476 e. The van der Waals surface area contributed by atoms with Gasteiger partial charge < -0.3 is 29.9 Å². The fourth-order valence-corrected chi connectivity index (χ4v) is 12.8. The van der Waals surface area contributed by atoms with Gasteiger partial charge in [0.15, 0.2) is 5.82 Å². The first-order chi connectivity index (χ1) is 37.8. The minimum atomic E-state index is -4.38. The summed E-state index contributed by atoms with van der Waals surface area (Å²) >= 11 is 1.58. The lowest BCUT2D eigenvalue weighted by atomic mass is 9.90. The summed E-state index contributed by atoms with van der Waals surface area (Å²) in [7, 11) is -2.61. The molecule has 0 radical (unpaired) electrons. The minimum absolute atomic E-state index is 0.00721. The Labute approximate surface area is 459 Å². The van der Waals surface area contributed by atoms with Crippen molar-refractivity contribution in [3.63, 3.8) is 0 Å². The second-order valence-corrected chi connectivity index (χ2v) is 23.3. The number of aryl methyl sites for hydroxylation is 2. The van der Waals surface area contributed by atoms with E-state index in [1.54, 1.807) is 41.4 Å². The number of fused-ring (bicyclic) bond motifs is 1. The molecule has 3 aliphatic rings. The normalized spacial score (nSPS) is 19.1. The van der Waals surface area contributed by atoms with Crippen LogP contribution in [-0.2, 0) is 26.8 Å². The van der Waals surface area contributed by atoms with Crippen molar-refractivity contribution in [2.45, 2.75) is 70.8 Å². The highest BCUT2D eigenvalue weighted by atomic mass is 32.2. The highest BCUT2D eigenvalue weighted by molar-refractivity contribution is 7.90. The van der Waals surface area contributed by atoms with Crippen LogP contribution in [0.3, 0.4) is 0 Å². The highest BCUT2D eigenvalue weighted by Gasteiger charge is 2.43. The molecule has 18 nitrogen and oxygen atoms in total. The number of aromatic amines is 1. The maximum Gasteiger partial charge on any atom is 0.301 e. The van der Waals surface area contributed by atoms with Gasteiger partial charge in [-0.2, -0.15) is 17.8 Å². The molecule has 3 aliphatic heterocycles. The van der Waals surface area contributed by atoms with Crippen molar-refractivity contribution >= 4 is 61.6 Å². The van der Waals surface area contributed by atoms with Gasteiger partial charge in [-0.05, 0) is 73.2 Å². The van der Waals surface area contributed by atoms with Gasteiger partial charge in [0.1, 0.15) is 30.3 Å². The van der Waals surface area contributed by atoms with Crippen LogP contribution in [0.1, 0.15) is 78.4 Å². The van der Waals surface area contributed by atoms with Crippen LogP contribution in [0.5, 0.6) is 5.88 Å². The zero-order valence-electron chi connectivity index (χ0n) is 44.3. The summed E-state index contributed by atoms with van der Waals surface area (Å²) in [6, 6.07) is 19.8. The number of pyridine rings is 1. The molecule has 7 aromatic rings. The molecule has 79 heavy (non-hydrogen) atoms. The molecule has 0 unspecified atom stereocenters. The second kappa shape index (κ2) is 22.9. The lowest BCUT2D eigenvalue weighted by molar-refractivity contribution is -0.140. The number of piperazine rings is 1. The first kappa shape index (κ1) is 55.1. The standard InChI is InChI=1S/C56H62F3N11O7S2/c1-32(2)49(56(74)70-30-41(71)25-47(70)55(73)63-33(3)35-6-8-37(9-7-35)53-34(4)62-31-78-53)46-26-48(66(5)64-46)77-23-22-67-18-20-68(21-19-67)40-12-10-36(11-13-40)38-24-42-43(28-61-54(42)60-27-38)52(72)50-44(58)14-15-45(51(50)59)65-79(75,76)69-17-16-39(57)29-69/h6-15,24,26-28,31-33,39,41,47,49,65,71H,16-23,25,29-30H2,1-5H3,(H,60,61)(H,63,73)/t33-,39+,41+,47-,49+/m0/s1. The number of benzene rings is 3. The van der Waals surface area contributed by atoms with Gasteiger partial charge in [0, 0.05) is 106 Å². The molecule has 23 heteroatoms. The molecule has 0 spiro atoms. The monoisotopic (exact) mass is 1120 g/mol. The number of halogens is 3. The van der Waals surface area contributed by atoms with Crippen molar-refractivity contribution in [1.82, 2.24) is 44.2 Å². The molecule has 4 N–H and O–H groups in total. The van der Waals surface area contributed by atoms with E-state index in [9.17, 15) is 32.3 Å². The predicted molar refractivity (Wildman–Crippen MR) is 295 cm³/mol. The van der Waals surface area contributed by atoms with Gasteiger partial charge in [-0.1, -0.05) is 50.2 Å². The number of β-amino-alcohol motifs (C(OH)–C–C–N with tert-alkyl or cyclic N) is 1.